The SMILES string of the molecule is Cc1ccc(C(C)C)c(OC(C)(C)C(=O)N(C)CC2CCCCO2)c1. The Hall–Kier alpha value is -1.55. The zero-order chi connectivity index (χ0) is 18.6. The van der Waals surface area contributed by atoms with E-state index in [9.17, 15) is 4.79 Å². The molecule has 0 saturated carbocycles. The Morgan fingerprint density at radius 1 is 1.36 bits per heavy atom. The van der Waals surface area contributed by atoms with E-state index in [1.54, 1.807) is 4.90 Å². The summed E-state index contributed by atoms with van der Waals surface area (Å²) in [6.45, 7) is 11.4. The lowest BCUT2D eigenvalue weighted by atomic mass is 9.99. The zero-order valence-corrected chi connectivity index (χ0v) is 16.6. The molecule has 1 aliphatic heterocycles. The standard InChI is InChI=1S/C21H33NO3/c1-15(2)18-11-10-16(3)13-19(18)25-21(4,5)20(23)22(6)14-17-9-7-8-12-24-17/h10-11,13,15,17H,7-9,12,14H2,1-6H3. The molecule has 4 nitrogen and oxygen atoms in total. The van der Waals surface area contributed by atoms with Crippen LogP contribution in [-0.2, 0) is 9.53 Å². The first kappa shape index (κ1) is 19.8. The minimum absolute atomic E-state index is 0.0158. The first-order valence-electron chi connectivity index (χ1n) is 9.37. The van der Waals surface area contributed by atoms with Gasteiger partial charge in [0, 0.05) is 20.2 Å². The van der Waals surface area contributed by atoms with Gasteiger partial charge < -0.3 is 14.4 Å². The van der Waals surface area contributed by atoms with E-state index in [0.29, 0.717) is 12.5 Å². The van der Waals surface area contributed by atoms with E-state index in [4.69, 9.17) is 9.47 Å². The first-order chi connectivity index (χ1) is 11.7. The number of ether oxygens (including phenoxy) is 2. The van der Waals surface area contributed by atoms with Crippen molar-refractivity contribution in [3.05, 3.63) is 29.3 Å². The lowest BCUT2D eigenvalue weighted by molar-refractivity contribution is -0.146. The molecule has 1 fully saturated rings. The van der Waals surface area contributed by atoms with Crippen molar-refractivity contribution in [1.29, 1.82) is 0 Å². The average Bonchev–Trinajstić information content (AvgIpc) is 2.54. The maximum atomic E-state index is 13.0. The number of nitrogens with zero attached hydrogens (tertiary/aromatic N) is 1. The topological polar surface area (TPSA) is 38.8 Å². The fraction of sp³-hybridized carbons (Fsp3) is 0.667. The predicted molar refractivity (Wildman–Crippen MR) is 101 cm³/mol. The van der Waals surface area contributed by atoms with Gasteiger partial charge in [-0.25, -0.2) is 0 Å². The van der Waals surface area contributed by atoms with Gasteiger partial charge in [-0.05, 0) is 63.1 Å². The highest BCUT2D eigenvalue weighted by Gasteiger charge is 2.34. The van der Waals surface area contributed by atoms with Crippen LogP contribution in [0.2, 0.25) is 0 Å². The minimum Gasteiger partial charge on any atom is -0.478 e. The molecule has 1 heterocycles. The number of hydrogen-bond donors (Lipinski definition) is 0. The number of amides is 1. The zero-order valence-electron chi connectivity index (χ0n) is 16.6. The highest BCUT2D eigenvalue weighted by atomic mass is 16.5. The Bertz CT molecular complexity index is 589. The first-order valence-corrected chi connectivity index (χ1v) is 9.37. The Kier molecular flexibility index (Phi) is 6.50. The third kappa shape index (κ3) is 5.21. The summed E-state index contributed by atoms with van der Waals surface area (Å²) in [4.78, 5) is 14.7. The molecule has 140 valence electrons. The number of hydrogen-bond acceptors (Lipinski definition) is 3. The molecule has 1 unspecified atom stereocenters. The van der Waals surface area contributed by atoms with Crippen LogP contribution in [0.15, 0.2) is 18.2 Å². The normalized spacial score (nSPS) is 18.3. The van der Waals surface area contributed by atoms with E-state index in [0.717, 1.165) is 36.3 Å². The van der Waals surface area contributed by atoms with Crippen molar-refractivity contribution in [2.24, 2.45) is 0 Å². The molecule has 1 aromatic rings. The summed E-state index contributed by atoms with van der Waals surface area (Å²) in [6, 6.07) is 6.20. The van der Waals surface area contributed by atoms with Crippen molar-refractivity contribution in [1.82, 2.24) is 4.90 Å². The predicted octanol–water partition coefficient (Wildman–Crippen LogP) is 4.30. The van der Waals surface area contributed by atoms with E-state index in [1.807, 2.05) is 33.9 Å². The van der Waals surface area contributed by atoms with Gasteiger partial charge in [0.15, 0.2) is 5.60 Å². The Morgan fingerprint density at radius 2 is 2.08 bits per heavy atom. The highest BCUT2D eigenvalue weighted by Crippen LogP contribution is 2.31. The largest absolute Gasteiger partial charge is 0.478 e. The van der Waals surface area contributed by atoms with Crippen LogP contribution in [0.25, 0.3) is 0 Å². The molecule has 0 spiro atoms. The van der Waals surface area contributed by atoms with Crippen molar-refractivity contribution in [2.45, 2.75) is 71.5 Å². The van der Waals surface area contributed by atoms with Crippen molar-refractivity contribution in [2.75, 3.05) is 20.2 Å². The number of carbonyl (C=O) groups is 1. The van der Waals surface area contributed by atoms with Gasteiger partial charge in [0.1, 0.15) is 5.75 Å². The van der Waals surface area contributed by atoms with E-state index in [2.05, 4.69) is 26.0 Å². The molecule has 25 heavy (non-hydrogen) atoms. The van der Waals surface area contributed by atoms with Crippen LogP contribution in [0.1, 0.15) is 64.0 Å². The molecule has 0 bridgehead atoms. The number of rotatable bonds is 6. The molecule has 1 aliphatic rings. The quantitative estimate of drug-likeness (QED) is 0.770. The van der Waals surface area contributed by atoms with Crippen molar-refractivity contribution >= 4 is 5.91 Å². The van der Waals surface area contributed by atoms with Crippen LogP contribution in [0.5, 0.6) is 5.75 Å². The molecule has 0 aromatic heterocycles. The molecule has 0 aliphatic carbocycles. The van der Waals surface area contributed by atoms with Crippen LogP contribution in [-0.4, -0.2) is 42.7 Å². The fourth-order valence-electron chi connectivity index (χ4n) is 3.32. The summed E-state index contributed by atoms with van der Waals surface area (Å²) < 4.78 is 12.0. The van der Waals surface area contributed by atoms with E-state index >= 15 is 0 Å². The molecule has 1 aromatic carbocycles. The van der Waals surface area contributed by atoms with Gasteiger partial charge in [0.25, 0.3) is 5.91 Å². The van der Waals surface area contributed by atoms with Gasteiger partial charge in [0.2, 0.25) is 0 Å². The van der Waals surface area contributed by atoms with E-state index in [-0.39, 0.29) is 12.0 Å². The molecular weight excluding hydrogens is 314 g/mol. The van der Waals surface area contributed by atoms with Gasteiger partial charge in [-0.1, -0.05) is 26.0 Å². The van der Waals surface area contributed by atoms with Crippen molar-refractivity contribution in [3.8, 4) is 5.75 Å². The van der Waals surface area contributed by atoms with Crippen LogP contribution < -0.4 is 4.74 Å². The Labute approximate surface area is 152 Å². The summed E-state index contributed by atoms with van der Waals surface area (Å²) in [7, 11) is 1.84. The molecular formula is C21H33NO3. The van der Waals surface area contributed by atoms with Crippen LogP contribution >= 0.6 is 0 Å². The van der Waals surface area contributed by atoms with Gasteiger partial charge >= 0.3 is 0 Å². The summed E-state index contributed by atoms with van der Waals surface area (Å²) in [5.41, 5.74) is 1.34. The van der Waals surface area contributed by atoms with E-state index in [1.165, 1.54) is 6.42 Å². The van der Waals surface area contributed by atoms with Crippen LogP contribution in [0.4, 0.5) is 0 Å². The fourth-order valence-corrected chi connectivity index (χ4v) is 3.32. The molecule has 4 heteroatoms. The monoisotopic (exact) mass is 347 g/mol. The molecule has 1 amide bonds. The lowest BCUT2D eigenvalue weighted by Gasteiger charge is -2.34. The second-order valence-electron chi connectivity index (χ2n) is 7.98. The summed E-state index contributed by atoms with van der Waals surface area (Å²) >= 11 is 0. The second-order valence-corrected chi connectivity index (χ2v) is 7.98. The summed E-state index contributed by atoms with van der Waals surface area (Å²) in [5, 5.41) is 0. The third-order valence-electron chi connectivity index (χ3n) is 4.77. The van der Waals surface area contributed by atoms with Gasteiger partial charge in [-0.3, -0.25) is 4.79 Å². The minimum atomic E-state index is -0.916. The molecule has 0 radical (unpaired) electrons. The Morgan fingerprint density at radius 3 is 2.68 bits per heavy atom. The summed E-state index contributed by atoms with van der Waals surface area (Å²) in [6.07, 6.45) is 3.46. The Balaban J connectivity index is 2.09. The number of benzene rings is 1. The van der Waals surface area contributed by atoms with Crippen molar-refractivity contribution in [3.63, 3.8) is 0 Å². The summed E-state index contributed by atoms with van der Waals surface area (Å²) in [5.74, 6) is 1.13. The van der Waals surface area contributed by atoms with Crippen LogP contribution in [0.3, 0.4) is 0 Å². The second kappa shape index (κ2) is 8.22. The van der Waals surface area contributed by atoms with Crippen LogP contribution in [0, 0.1) is 6.92 Å². The highest BCUT2D eigenvalue weighted by molar-refractivity contribution is 5.84. The lowest BCUT2D eigenvalue weighted by Crippen LogP contribution is -2.50. The number of aryl methyl sites for hydroxylation is 1. The molecule has 0 N–H and O–H groups in total. The van der Waals surface area contributed by atoms with E-state index < -0.39 is 5.60 Å². The molecule has 2 rings (SSSR count). The maximum Gasteiger partial charge on any atom is 0.266 e. The average molecular weight is 347 g/mol. The van der Waals surface area contributed by atoms with Crippen molar-refractivity contribution < 1.29 is 14.3 Å². The maximum absolute atomic E-state index is 13.0. The van der Waals surface area contributed by atoms with Gasteiger partial charge in [-0.15, -0.1) is 0 Å². The molecule has 1 atom stereocenters. The third-order valence-corrected chi connectivity index (χ3v) is 4.77. The number of likely N-dealkylation sites (N-methyl/N-ethyl adjacent to an activating group) is 1. The van der Waals surface area contributed by atoms with Gasteiger partial charge in [-0.2, -0.15) is 0 Å². The number of carbonyl (C=O) groups excluding carboxylic acids is 1. The van der Waals surface area contributed by atoms with Gasteiger partial charge in [0.05, 0.1) is 6.10 Å². The smallest absolute Gasteiger partial charge is 0.266 e. The molecule has 1 saturated heterocycles.